The largest absolute Gasteiger partial charge is 0.465 e. The maximum Gasteiger partial charge on any atom is 0.320 e. The first kappa shape index (κ1) is 23.1. The Balaban J connectivity index is 1.66. The molecule has 0 aliphatic carbocycles. The fourth-order valence-electron chi connectivity index (χ4n) is 4.94. The minimum Gasteiger partial charge on any atom is -0.465 e. The monoisotopic (exact) mass is 486 g/mol. The molecule has 5 rings (SSSR count). The van der Waals surface area contributed by atoms with Gasteiger partial charge >= 0.3 is 5.97 Å². The first-order chi connectivity index (χ1) is 17.1. The average molecular weight is 487 g/mol. The molecule has 2 heterocycles. The molecule has 6 nitrogen and oxygen atoms in total. The number of para-hydroxylation sites is 1. The quantitative estimate of drug-likeness (QED) is 0.342. The van der Waals surface area contributed by atoms with Gasteiger partial charge < -0.3 is 9.64 Å². The molecule has 0 radical (unpaired) electrons. The van der Waals surface area contributed by atoms with Crippen molar-refractivity contribution < 1.29 is 9.53 Å². The van der Waals surface area contributed by atoms with Gasteiger partial charge in [0.15, 0.2) is 0 Å². The molecule has 35 heavy (non-hydrogen) atoms. The van der Waals surface area contributed by atoms with Crippen LogP contribution in [0.3, 0.4) is 0 Å². The second-order valence-electron chi connectivity index (χ2n) is 8.83. The topological polar surface area (TPSA) is 60.2 Å². The summed E-state index contributed by atoms with van der Waals surface area (Å²) in [7, 11) is 0. The van der Waals surface area contributed by atoms with Crippen molar-refractivity contribution in [2.24, 2.45) is 0 Å². The number of benzene rings is 3. The van der Waals surface area contributed by atoms with Crippen molar-refractivity contribution in [1.29, 1.82) is 0 Å². The number of anilines is 1. The number of hydrogen-bond donors (Lipinski definition) is 0. The number of fused-ring (bicyclic) bond motifs is 1. The molecule has 1 aromatic heterocycles. The molecule has 4 aromatic rings. The summed E-state index contributed by atoms with van der Waals surface area (Å²) in [4.78, 5) is 16.1. The van der Waals surface area contributed by atoms with Gasteiger partial charge in [-0.1, -0.05) is 77.5 Å². The zero-order chi connectivity index (χ0) is 24.3. The van der Waals surface area contributed by atoms with Gasteiger partial charge in [0.05, 0.1) is 25.4 Å². The standard InChI is InChI=1S/C28H27ClN4O2/c1-2-35-27(34)28(17-21-10-5-3-6-11-21)20-32(24-14-7-4-8-15-24)19-25-26(28)33(31-30-25)18-22-12-9-13-23(29)16-22/h3-16H,2,17-20H2,1H3. The van der Waals surface area contributed by atoms with E-state index in [9.17, 15) is 4.79 Å². The Morgan fingerprint density at radius 3 is 2.43 bits per heavy atom. The van der Waals surface area contributed by atoms with Gasteiger partial charge in [-0.15, -0.1) is 5.10 Å². The lowest BCUT2D eigenvalue weighted by atomic mass is 9.74. The van der Waals surface area contributed by atoms with Crippen molar-refractivity contribution in [1.82, 2.24) is 15.0 Å². The van der Waals surface area contributed by atoms with Crippen LogP contribution in [0.25, 0.3) is 0 Å². The molecular weight excluding hydrogens is 460 g/mol. The van der Waals surface area contributed by atoms with Crippen LogP contribution in [0.15, 0.2) is 84.9 Å². The summed E-state index contributed by atoms with van der Waals surface area (Å²) in [6, 6.07) is 27.9. The van der Waals surface area contributed by atoms with Gasteiger partial charge in [0.1, 0.15) is 11.1 Å². The number of hydrogen-bond acceptors (Lipinski definition) is 5. The average Bonchev–Trinajstić information content (AvgIpc) is 3.28. The molecule has 0 saturated heterocycles. The number of carbonyl (C=O) groups excluding carboxylic acids is 1. The Labute approximate surface area is 210 Å². The van der Waals surface area contributed by atoms with Crippen LogP contribution in [-0.4, -0.2) is 34.1 Å². The van der Waals surface area contributed by atoms with Crippen LogP contribution in [0.5, 0.6) is 0 Å². The number of carbonyl (C=O) groups is 1. The van der Waals surface area contributed by atoms with Crippen molar-refractivity contribution >= 4 is 23.3 Å². The van der Waals surface area contributed by atoms with Crippen molar-refractivity contribution in [3.05, 3.63) is 112 Å². The van der Waals surface area contributed by atoms with Crippen molar-refractivity contribution in [2.75, 3.05) is 18.1 Å². The molecule has 178 valence electrons. The minimum atomic E-state index is -0.983. The lowest BCUT2D eigenvalue weighted by molar-refractivity contribution is -0.150. The van der Waals surface area contributed by atoms with E-state index in [-0.39, 0.29) is 5.97 Å². The van der Waals surface area contributed by atoms with Gasteiger partial charge in [-0.3, -0.25) is 4.79 Å². The fourth-order valence-corrected chi connectivity index (χ4v) is 5.16. The molecule has 1 aliphatic rings. The van der Waals surface area contributed by atoms with Crippen LogP contribution in [0.2, 0.25) is 5.02 Å². The first-order valence-electron chi connectivity index (χ1n) is 11.8. The van der Waals surface area contributed by atoms with E-state index in [1.165, 1.54) is 0 Å². The molecule has 1 aliphatic heterocycles. The van der Waals surface area contributed by atoms with Crippen LogP contribution in [0.1, 0.15) is 29.4 Å². The van der Waals surface area contributed by atoms with Crippen LogP contribution in [0, 0.1) is 0 Å². The normalized spacial score (nSPS) is 17.1. The van der Waals surface area contributed by atoms with E-state index in [1.807, 2.05) is 84.4 Å². The fraction of sp³-hybridized carbons (Fsp3) is 0.250. The maximum atomic E-state index is 13.9. The zero-order valence-electron chi connectivity index (χ0n) is 19.6. The second-order valence-corrected chi connectivity index (χ2v) is 9.27. The molecule has 0 fully saturated rings. The highest BCUT2D eigenvalue weighted by molar-refractivity contribution is 6.30. The Morgan fingerprint density at radius 1 is 1.00 bits per heavy atom. The van der Waals surface area contributed by atoms with Gasteiger partial charge in [-0.2, -0.15) is 0 Å². The van der Waals surface area contributed by atoms with E-state index in [0.717, 1.165) is 28.2 Å². The minimum absolute atomic E-state index is 0.264. The summed E-state index contributed by atoms with van der Waals surface area (Å²) in [5.74, 6) is -0.264. The molecule has 0 amide bonds. The smallest absolute Gasteiger partial charge is 0.320 e. The zero-order valence-corrected chi connectivity index (χ0v) is 20.4. The van der Waals surface area contributed by atoms with Crippen LogP contribution >= 0.6 is 11.6 Å². The lowest BCUT2D eigenvalue weighted by Crippen LogP contribution is -2.54. The Hall–Kier alpha value is -3.64. The van der Waals surface area contributed by atoms with Crippen LogP contribution < -0.4 is 4.90 Å². The van der Waals surface area contributed by atoms with Crippen molar-refractivity contribution in [2.45, 2.75) is 31.8 Å². The summed E-state index contributed by atoms with van der Waals surface area (Å²) in [5, 5.41) is 9.74. The lowest BCUT2D eigenvalue weighted by Gasteiger charge is -2.41. The van der Waals surface area contributed by atoms with Crippen molar-refractivity contribution in [3.63, 3.8) is 0 Å². The highest BCUT2D eigenvalue weighted by Crippen LogP contribution is 2.39. The highest BCUT2D eigenvalue weighted by Gasteiger charge is 2.51. The molecule has 0 N–H and O–H groups in total. The Morgan fingerprint density at radius 2 is 1.71 bits per heavy atom. The number of aromatic nitrogens is 3. The van der Waals surface area contributed by atoms with E-state index in [0.29, 0.717) is 37.7 Å². The first-order valence-corrected chi connectivity index (χ1v) is 12.2. The molecule has 1 atom stereocenters. The Bertz CT molecular complexity index is 1310. The van der Waals surface area contributed by atoms with Gasteiger partial charge in [-0.25, -0.2) is 4.68 Å². The highest BCUT2D eigenvalue weighted by atomic mass is 35.5. The third-order valence-corrected chi connectivity index (χ3v) is 6.65. The predicted molar refractivity (Wildman–Crippen MR) is 137 cm³/mol. The number of esters is 1. The molecule has 1 unspecified atom stereocenters. The van der Waals surface area contributed by atoms with E-state index >= 15 is 0 Å². The maximum absolute atomic E-state index is 13.9. The van der Waals surface area contributed by atoms with Gasteiger partial charge in [0, 0.05) is 17.3 Å². The summed E-state index contributed by atoms with van der Waals surface area (Å²) in [5.41, 5.74) is 3.69. The molecular formula is C28H27ClN4O2. The molecule has 0 spiro atoms. The third-order valence-electron chi connectivity index (χ3n) is 6.42. The number of halogens is 1. The summed E-state index contributed by atoms with van der Waals surface area (Å²) in [6.45, 7) is 3.62. The molecule has 0 saturated carbocycles. The van der Waals surface area contributed by atoms with E-state index in [4.69, 9.17) is 16.3 Å². The predicted octanol–water partition coefficient (Wildman–Crippen LogP) is 5.04. The van der Waals surface area contributed by atoms with Crippen LogP contribution in [0.4, 0.5) is 5.69 Å². The third kappa shape index (κ3) is 4.66. The molecule has 7 heteroatoms. The Kier molecular flexibility index (Phi) is 6.55. The van der Waals surface area contributed by atoms with Crippen molar-refractivity contribution in [3.8, 4) is 0 Å². The van der Waals surface area contributed by atoms with Crippen LogP contribution in [-0.2, 0) is 34.5 Å². The van der Waals surface area contributed by atoms with E-state index < -0.39 is 5.41 Å². The summed E-state index contributed by atoms with van der Waals surface area (Å²) in [6.07, 6.45) is 0.478. The number of ether oxygens (including phenoxy) is 1. The van der Waals surface area contributed by atoms with Gasteiger partial charge in [0.25, 0.3) is 0 Å². The molecule has 3 aromatic carbocycles. The van der Waals surface area contributed by atoms with E-state index in [1.54, 1.807) is 0 Å². The van der Waals surface area contributed by atoms with Gasteiger partial charge in [0.2, 0.25) is 0 Å². The molecule has 0 bridgehead atoms. The van der Waals surface area contributed by atoms with E-state index in [2.05, 4.69) is 27.3 Å². The summed E-state index contributed by atoms with van der Waals surface area (Å²) >= 11 is 6.24. The number of nitrogens with zero attached hydrogens (tertiary/aromatic N) is 4. The second kappa shape index (κ2) is 9.92. The summed E-state index contributed by atoms with van der Waals surface area (Å²) < 4.78 is 7.59. The van der Waals surface area contributed by atoms with Gasteiger partial charge in [-0.05, 0) is 48.7 Å². The number of rotatable bonds is 7. The SMILES string of the molecule is CCOC(=O)C1(Cc2ccccc2)CN(c2ccccc2)Cc2nnn(Cc3cccc(Cl)c3)c21.